The predicted octanol–water partition coefficient (Wildman–Crippen LogP) is 5.87. The molecule has 0 N–H and O–H groups in total. The zero-order chi connectivity index (χ0) is 22.7. The van der Waals surface area contributed by atoms with Crippen molar-refractivity contribution in [2.75, 3.05) is 0 Å². The Morgan fingerprint density at radius 3 is 1.38 bits per heavy atom. The lowest BCUT2D eigenvalue weighted by atomic mass is 10.1. The average Bonchev–Trinajstić information content (AvgIpc) is 3.07. The van der Waals surface area contributed by atoms with Gasteiger partial charge < -0.3 is 0 Å². The van der Waals surface area contributed by atoms with Crippen molar-refractivity contribution in [2.24, 2.45) is 0 Å². The molecule has 0 unspecified atom stereocenters. The van der Waals surface area contributed by atoms with Crippen molar-refractivity contribution in [3.05, 3.63) is 103 Å². The molecule has 0 bridgehead atoms. The number of imidazole rings is 1. The lowest BCUT2D eigenvalue weighted by Crippen LogP contribution is -2.26. The Morgan fingerprint density at radius 1 is 0.625 bits per heavy atom. The van der Waals surface area contributed by atoms with Gasteiger partial charge in [-0.25, -0.2) is 4.79 Å². The third-order valence-corrected chi connectivity index (χ3v) is 6.44. The van der Waals surface area contributed by atoms with Crippen molar-refractivity contribution in [1.29, 1.82) is 0 Å². The van der Waals surface area contributed by atoms with Crippen molar-refractivity contribution in [1.82, 2.24) is 9.13 Å². The molecule has 4 rings (SSSR count). The van der Waals surface area contributed by atoms with Gasteiger partial charge in [0.2, 0.25) is 0 Å². The minimum absolute atomic E-state index is 0.0216. The third kappa shape index (κ3) is 4.84. The van der Waals surface area contributed by atoms with E-state index in [1.54, 1.807) is 33.4 Å². The number of carbonyl (C=O) groups is 2. The smallest absolute Gasteiger partial charge is 0.294 e. The molecule has 3 aromatic carbocycles. The molecule has 1 heterocycles. The molecule has 0 atom stereocenters. The van der Waals surface area contributed by atoms with Crippen LogP contribution in [0, 0.1) is 0 Å². The maximum absolute atomic E-state index is 13.2. The van der Waals surface area contributed by atoms with Crippen molar-refractivity contribution >= 4 is 54.5 Å². The van der Waals surface area contributed by atoms with Gasteiger partial charge in [-0.05, 0) is 36.4 Å². The van der Waals surface area contributed by atoms with Gasteiger partial charge in [0.1, 0.15) is 0 Å². The fourth-order valence-electron chi connectivity index (χ4n) is 3.69. The zero-order valence-corrected chi connectivity index (χ0v) is 20.3. The molecule has 32 heavy (non-hydrogen) atoms. The second kappa shape index (κ2) is 9.79. The second-order valence-corrected chi connectivity index (χ2v) is 9.27. The van der Waals surface area contributed by atoms with Gasteiger partial charge in [0.25, 0.3) is 0 Å². The van der Waals surface area contributed by atoms with Gasteiger partial charge in [0, 0.05) is 46.0 Å². The summed E-state index contributed by atoms with van der Waals surface area (Å²) in [5.74, 6) is -0.0432. The molecule has 5 nitrogen and oxygen atoms in total. The van der Waals surface area contributed by atoms with E-state index in [0.717, 1.165) is 20.0 Å². The number of aryl methyl sites for hydroxylation is 2. The first-order chi connectivity index (χ1) is 15.4. The molecule has 7 heteroatoms. The highest BCUT2D eigenvalue weighted by Gasteiger charge is 2.16. The monoisotopic (exact) mass is 554 g/mol. The largest absolute Gasteiger partial charge is 0.329 e. The Labute approximate surface area is 201 Å². The number of para-hydroxylation sites is 2. The summed E-state index contributed by atoms with van der Waals surface area (Å²) in [5.41, 5.74) is 2.54. The van der Waals surface area contributed by atoms with Crippen LogP contribution in [-0.4, -0.2) is 20.7 Å². The maximum Gasteiger partial charge on any atom is 0.329 e. The Kier molecular flexibility index (Phi) is 6.86. The molecule has 0 aliphatic carbocycles. The number of hydrogen-bond donors (Lipinski definition) is 0. The Morgan fingerprint density at radius 2 is 1.00 bits per heavy atom. The summed E-state index contributed by atoms with van der Waals surface area (Å²) in [6, 6.07) is 21.9. The fourth-order valence-corrected chi connectivity index (χ4v) is 4.22. The van der Waals surface area contributed by atoms with Crippen LogP contribution in [0.4, 0.5) is 0 Å². The van der Waals surface area contributed by atoms with Crippen LogP contribution in [0.25, 0.3) is 11.0 Å². The molecule has 0 aliphatic rings. The zero-order valence-electron chi connectivity index (χ0n) is 17.1. The average molecular weight is 556 g/mol. The topological polar surface area (TPSA) is 61.1 Å². The summed E-state index contributed by atoms with van der Waals surface area (Å²) < 4.78 is 5.06. The van der Waals surface area contributed by atoms with E-state index >= 15 is 0 Å². The van der Waals surface area contributed by atoms with Crippen molar-refractivity contribution in [3.63, 3.8) is 0 Å². The van der Waals surface area contributed by atoms with Crippen LogP contribution < -0.4 is 5.69 Å². The molecule has 0 aliphatic heterocycles. The molecule has 0 saturated heterocycles. The van der Waals surface area contributed by atoms with E-state index in [4.69, 9.17) is 0 Å². The standard InChI is InChI=1S/C25H20Br2N2O3/c26-19-9-5-17(6-10-19)23(30)13-15-28-21-3-1-2-4-22(21)29(25(28)32)16-14-24(31)18-7-11-20(27)12-8-18/h1-12H,13-16H2. The Bertz CT molecular complexity index is 1240. The van der Waals surface area contributed by atoms with E-state index in [1.807, 2.05) is 48.5 Å². The van der Waals surface area contributed by atoms with E-state index in [2.05, 4.69) is 31.9 Å². The number of fused-ring (bicyclic) bond motifs is 1. The van der Waals surface area contributed by atoms with Crippen LogP contribution in [-0.2, 0) is 13.1 Å². The second-order valence-electron chi connectivity index (χ2n) is 7.43. The number of carbonyl (C=O) groups excluding carboxylic acids is 2. The van der Waals surface area contributed by atoms with Gasteiger partial charge in [0.15, 0.2) is 11.6 Å². The summed E-state index contributed by atoms with van der Waals surface area (Å²) in [6.45, 7) is 0.559. The van der Waals surface area contributed by atoms with Crippen LogP contribution in [0.3, 0.4) is 0 Å². The number of aromatic nitrogens is 2. The first-order valence-electron chi connectivity index (χ1n) is 10.2. The van der Waals surface area contributed by atoms with Gasteiger partial charge in [0.05, 0.1) is 11.0 Å². The molecule has 0 amide bonds. The van der Waals surface area contributed by atoms with Crippen LogP contribution in [0.2, 0.25) is 0 Å². The van der Waals surface area contributed by atoms with Gasteiger partial charge in [-0.2, -0.15) is 0 Å². The van der Waals surface area contributed by atoms with Gasteiger partial charge >= 0.3 is 5.69 Å². The minimum atomic E-state index is -0.210. The molecule has 0 saturated carbocycles. The SMILES string of the molecule is O=C(CCn1c(=O)n(CCC(=O)c2ccc(Br)cc2)c2ccccc21)c1ccc(Br)cc1. The number of Topliss-reactive ketones (excluding diaryl/α,β-unsaturated/α-hetero) is 2. The number of rotatable bonds is 8. The number of halogens is 2. The number of nitrogens with zero attached hydrogens (tertiary/aromatic N) is 2. The lowest BCUT2D eigenvalue weighted by Gasteiger charge is -2.04. The highest BCUT2D eigenvalue weighted by molar-refractivity contribution is 9.10. The van der Waals surface area contributed by atoms with Crippen molar-refractivity contribution in [2.45, 2.75) is 25.9 Å². The van der Waals surface area contributed by atoms with Crippen LogP contribution >= 0.6 is 31.9 Å². The van der Waals surface area contributed by atoms with E-state index in [1.165, 1.54) is 0 Å². The van der Waals surface area contributed by atoms with E-state index in [0.29, 0.717) is 11.1 Å². The Hall–Kier alpha value is -2.77. The minimum Gasteiger partial charge on any atom is -0.294 e. The highest BCUT2D eigenvalue weighted by atomic mass is 79.9. The predicted molar refractivity (Wildman–Crippen MR) is 132 cm³/mol. The molecule has 1 aromatic heterocycles. The lowest BCUT2D eigenvalue weighted by molar-refractivity contribution is 0.0971. The molecular weight excluding hydrogens is 536 g/mol. The van der Waals surface area contributed by atoms with Crippen LogP contribution in [0.5, 0.6) is 0 Å². The molecule has 162 valence electrons. The third-order valence-electron chi connectivity index (χ3n) is 5.38. The van der Waals surface area contributed by atoms with E-state index in [-0.39, 0.29) is 43.2 Å². The summed E-state index contributed by atoms with van der Waals surface area (Å²) in [5, 5.41) is 0. The maximum atomic E-state index is 13.2. The normalized spacial score (nSPS) is 11.1. The molecule has 0 spiro atoms. The Balaban J connectivity index is 1.54. The fraction of sp³-hybridized carbons (Fsp3) is 0.160. The van der Waals surface area contributed by atoms with Crippen molar-refractivity contribution in [3.8, 4) is 0 Å². The quantitative estimate of drug-likeness (QED) is 0.255. The molecule has 4 aromatic rings. The molecular formula is C25H20Br2N2O3. The van der Waals surface area contributed by atoms with Crippen LogP contribution in [0.15, 0.2) is 86.5 Å². The van der Waals surface area contributed by atoms with Gasteiger partial charge in [-0.3, -0.25) is 18.7 Å². The summed E-state index contributed by atoms with van der Waals surface area (Å²) >= 11 is 6.73. The van der Waals surface area contributed by atoms with Gasteiger partial charge in [-0.1, -0.05) is 68.3 Å². The first kappa shape index (κ1) is 22.4. The summed E-state index contributed by atoms with van der Waals surface area (Å²) in [6.07, 6.45) is 0.431. The summed E-state index contributed by atoms with van der Waals surface area (Å²) in [7, 11) is 0. The number of hydrogen-bond acceptors (Lipinski definition) is 3. The van der Waals surface area contributed by atoms with Gasteiger partial charge in [-0.15, -0.1) is 0 Å². The number of benzene rings is 3. The summed E-state index contributed by atoms with van der Waals surface area (Å²) in [4.78, 5) is 38.4. The molecule has 0 radical (unpaired) electrons. The molecule has 0 fully saturated rings. The van der Waals surface area contributed by atoms with Crippen molar-refractivity contribution < 1.29 is 9.59 Å². The first-order valence-corrected chi connectivity index (χ1v) is 11.8. The van der Waals surface area contributed by atoms with E-state index < -0.39 is 0 Å². The van der Waals surface area contributed by atoms with E-state index in [9.17, 15) is 14.4 Å². The van der Waals surface area contributed by atoms with Crippen LogP contribution in [0.1, 0.15) is 33.6 Å². The number of ketones is 2. The highest BCUT2D eigenvalue weighted by Crippen LogP contribution is 2.17.